The first-order valence-electron chi connectivity index (χ1n) is 9.35. The fourth-order valence-corrected chi connectivity index (χ4v) is 4.08. The Hall–Kier alpha value is -2.09. The minimum atomic E-state index is -0.462. The summed E-state index contributed by atoms with van der Waals surface area (Å²) in [5.41, 5.74) is 0. The third-order valence-corrected chi connectivity index (χ3v) is 5.59. The fraction of sp³-hybridized carbons (Fsp3) is 0.526. The van der Waals surface area contributed by atoms with Crippen molar-refractivity contribution in [2.75, 3.05) is 5.75 Å². The largest absolute Gasteiger partial charge is 0.480 e. The number of hydrogen-bond acceptors (Lipinski definition) is 5. The molecule has 1 N–H and O–H groups in total. The lowest BCUT2D eigenvalue weighted by Gasteiger charge is -2.16. The first-order chi connectivity index (χ1) is 13.1. The van der Waals surface area contributed by atoms with Gasteiger partial charge in [-0.25, -0.2) is 4.39 Å². The Morgan fingerprint density at radius 3 is 2.81 bits per heavy atom. The summed E-state index contributed by atoms with van der Waals surface area (Å²) in [6, 6.07) is 6.59. The Balaban J connectivity index is 1.61. The van der Waals surface area contributed by atoms with Gasteiger partial charge < -0.3 is 14.6 Å². The number of carbonyl (C=O) groups is 1. The molecule has 1 aliphatic carbocycles. The number of rotatable bonds is 8. The Kier molecular flexibility index (Phi) is 6.71. The van der Waals surface area contributed by atoms with Gasteiger partial charge in [-0.2, -0.15) is 0 Å². The topological polar surface area (TPSA) is 69.0 Å². The summed E-state index contributed by atoms with van der Waals surface area (Å²) in [6.07, 6.45) is 4.04. The van der Waals surface area contributed by atoms with Gasteiger partial charge in [-0.1, -0.05) is 36.7 Å². The highest BCUT2D eigenvalue weighted by Gasteiger charge is 2.21. The zero-order valence-corrected chi connectivity index (χ0v) is 16.5. The predicted molar refractivity (Wildman–Crippen MR) is 102 cm³/mol. The molecule has 1 unspecified atom stereocenters. The molecule has 1 aliphatic rings. The van der Waals surface area contributed by atoms with Crippen molar-refractivity contribution in [2.45, 2.75) is 63.4 Å². The fourth-order valence-electron chi connectivity index (χ4n) is 3.26. The molecule has 3 rings (SSSR count). The molecular weight excluding hydrogens is 367 g/mol. The van der Waals surface area contributed by atoms with Crippen LogP contribution in [-0.4, -0.2) is 32.5 Å². The van der Waals surface area contributed by atoms with E-state index in [0.717, 1.165) is 12.8 Å². The second kappa shape index (κ2) is 9.21. The van der Waals surface area contributed by atoms with Crippen LogP contribution in [0.15, 0.2) is 29.4 Å². The molecule has 0 saturated heterocycles. The zero-order valence-electron chi connectivity index (χ0n) is 15.7. The van der Waals surface area contributed by atoms with Crippen LogP contribution in [0.4, 0.5) is 4.39 Å². The van der Waals surface area contributed by atoms with Crippen molar-refractivity contribution in [3.05, 3.63) is 35.9 Å². The number of aromatic nitrogens is 3. The number of para-hydroxylation sites is 1. The molecule has 1 aromatic carbocycles. The molecule has 1 fully saturated rings. The van der Waals surface area contributed by atoms with Gasteiger partial charge in [0.1, 0.15) is 0 Å². The summed E-state index contributed by atoms with van der Waals surface area (Å²) in [6.45, 7) is 4.43. The molecule has 6 nitrogen and oxygen atoms in total. The number of carbonyl (C=O) groups excluding carboxylic acids is 1. The number of thioether (sulfide) groups is 1. The Morgan fingerprint density at radius 2 is 2.11 bits per heavy atom. The van der Waals surface area contributed by atoms with Gasteiger partial charge in [-0.15, -0.1) is 10.2 Å². The minimum Gasteiger partial charge on any atom is -0.480 e. The molecule has 27 heavy (non-hydrogen) atoms. The van der Waals surface area contributed by atoms with E-state index in [9.17, 15) is 9.18 Å². The van der Waals surface area contributed by atoms with Crippen molar-refractivity contribution in [1.29, 1.82) is 0 Å². The highest BCUT2D eigenvalue weighted by molar-refractivity contribution is 7.99. The molecule has 1 aromatic heterocycles. The molecule has 1 heterocycles. The van der Waals surface area contributed by atoms with E-state index in [1.807, 2.05) is 18.4 Å². The van der Waals surface area contributed by atoms with Crippen molar-refractivity contribution in [2.24, 2.45) is 0 Å². The van der Waals surface area contributed by atoms with Crippen molar-refractivity contribution in [3.8, 4) is 5.75 Å². The van der Waals surface area contributed by atoms with Crippen LogP contribution >= 0.6 is 11.8 Å². The van der Waals surface area contributed by atoms with E-state index in [4.69, 9.17) is 4.74 Å². The van der Waals surface area contributed by atoms with E-state index in [2.05, 4.69) is 15.5 Å². The van der Waals surface area contributed by atoms with E-state index < -0.39 is 11.9 Å². The first-order valence-corrected chi connectivity index (χ1v) is 10.3. The van der Waals surface area contributed by atoms with Gasteiger partial charge in [0.25, 0.3) is 0 Å². The van der Waals surface area contributed by atoms with Gasteiger partial charge >= 0.3 is 0 Å². The highest BCUT2D eigenvalue weighted by atomic mass is 32.2. The van der Waals surface area contributed by atoms with Crippen molar-refractivity contribution in [1.82, 2.24) is 20.1 Å². The Labute approximate surface area is 162 Å². The second-order valence-corrected chi connectivity index (χ2v) is 7.56. The van der Waals surface area contributed by atoms with Gasteiger partial charge in [0, 0.05) is 12.6 Å². The summed E-state index contributed by atoms with van der Waals surface area (Å²) >= 11 is 1.36. The summed E-state index contributed by atoms with van der Waals surface area (Å²) in [5.74, 6) is 0.706. The van der Waals surface area contributed by atoms with Crippen molar-refractivity contribution < 1.29 is 13.9 Å². The average Bonchev–Trinajstić information content (AvgIpc) is 3.31. The van der Waals surface area contributed by atoms with Crippen LogP contribution in [-0.2, 0) is 11.3 Å². The van der Waals surface area contributed by atoms with Crippen LogP contribution < -0.4 is 10.1 Å². The smallest absolute Gasteiger partial charge is 0.230 e. The second-order valence-electron chi connectivity index (χ2n) is 6.61. The van der Waals surface area contributed by atoms with E-state index in [0.29, 0.717) is 29.3 Å². The first kappa shape index (κ1) is 19.7. The molecule has 0 radical (unpaired) electrons. The third-order valence-electron chi connectivity index (χ3n) is 4.62. The zero-order chi connectivity index (χ0) is 19.2. The maximum absolute atomic E-state index is 13.8. The summed E-state index contributed by atoms with van der Waals surface area (Å²) in [7, 11) is 0. The number of nitrogens with zero attached hydrogens (tertiary/aromatic N) is 3. The van der Waals surface area contributed by atoms with Gasteiger partial charge in [0.2, 0.25) is 5.91 Å². The van der Waals surface area contributed by atoms with Crippen LogP contribution in [0.2, 0.25) is 0 Å². The number of amides is 1. The molecular formula is C19H25FN4O2S. The lowest BCUT2D eigenvalue weighted by molar-refractivity contribution is -0.119. The van der Waals surface area contributed by atoms with E-state index in [-0.39, 0.29) is 11.7 Å². The molecule has 8 heteroatoms. The molecule has 1 amide bonds. The SMILES string of the molecule is CCn1c(SCC(=O)NC2CCCC2)nnc1C(C)Oc1ccccc1F. The molecule has 0 bridgehead atoms. The lowest BCUT2D eigenvalue weighted by Crippen LogP contribution is -2.33. The van der Waals surface area contributed by atoms with E-state index >= 15 is 0 Å². The van der Waals surface area contributed by atoms with Crippen LogP contribution in [0, 0.1) is 5.82 Å². The van der Waals surface area contributed by atoms with Gasteiger partial charge in [0.15, 0.2) is 28.7 Å². The Morgan fingerprint density at radius 1 is 1.37 bits per heavy atom. The summed E-state index contributed by atoms with van der Waals surface area (Å²) in [4.78, 5) is 12.1. The number of hydrogen-bond donors (Lipinski definition) is 1. The molecule has 1 saturated carbocycles. The average molecular weight is 393 g/mol. The summed E-state index contributed by atoms with van der Waals surface area (Å²) < 4.78 is 21.4. The number of halogens is 1. The molecule has 0 aliphatic heterocycles. The van der Waals surface area contributed by atoms with Crippen LogP contribution in [0.3, 0.4) is 0 Å². The molecule has 0 spiro atoms. The third kappa shape index (κ3) is 5.00. The van der Waals surface area contributed by atoms with Gasteiger partial charge in [-0.05, 0) is 38.8 Å². The monoisotopic (exact) mass is 392 g/mol. The van der Waals surface area contributed by atoms with Crippen molar-refractivity contribution in [3.63, 3.8) is 0 Å². The standard InChI is InChI=1S/C19H25FN4O2S/c1-3-24-18(13(2)26-16-11-7-6-10-15(16)20)22-23-19(24)27-12-17(25)21-14-8-4-5-9-14/h6-7,10-11,13-14H,3-5,8-9,12H2,1-2H3,(H,21,25). The predicted octanol–water partition coefficient (Wildman–Crippen LogP) is 3.73. The highest BCUT2D eigenvalue weighted by Crippen LogP contribution is 2.26. The quantitative estimate of drug-likeness (QED) is 0.693. The lowest BCUT2D eigenvalue weighted by atomic mass is 10.2. The van der Waals surface area contributed by atoms with Gasteiger partial charge in [-0.3, -0.25) is 4.79 Å². The molecule has 2 aromatic rings. The minimum absolute atomic E-state index is 0.0229. The van der Waals surface area contributed by atoms with E-state index in [1.54, 1.807) is 18.2 Å². The van der Waals surface area contributed by atoms with Crippen LogP contribution in [0.25, 0.3) is 0 Å². The number of benzene rings is 1. The maximum Gasteiger partial charge on any atom is 0.230 e. The molecule has 1 atom stereocenters. The normalized spacial score (nSPS) is 15.7. The van der Waals surface area contributed by atoms with Crippen molar-refractivity contribution >= 4 is 17.7 Å². The van der Waals surface area contributed by atoms with Crippen LogP contribution in [0.5, 0.6) is 5.75 Å². The number of ether oxygens (including phenoxy) is 1. The van der Waals surface area contributed by atoms with E-state index in [1.165, 1.54) is 30.7 Å². The Bertz CT molecular complexity index is 777. The maximum atomic E-state index is 13.8. The summed E-state index contributed by atoms with van der Waals surface area (Å²) in [5, 5.41) is 12.1. The number of nitrogens with one attached hydrogen (secondary N) is 1. The van der Waals surface area contributed by atoms with Crippen LogP contribution in [0.1, 0.15) is 51.5 Å². The van der Waals surface area contributed by atoms with Gasteiger partial charge in [0.05, 0.1) is 5.75 Å². The molecule has 146 valence electrons.